The third-order valence-electron chi connectivity index (χ3n) is 1.62. The average Bonchev–Trinajstić information content (AvgIpc) is 2.06. The van der Waals surface area contributed by atoms with Gasteiger partial charge in [0.15, 0.2) is 0 Å². The lowest BCUT2D eigenvalue weighted by Crippen LogP contribution is -2.09. The number of benzene rings is 1. The molecule has 1 rings (SSSR count). The molecule has 0 saturated carbocycles. The van der Waals surface area contributed by atoms with Crippen molar-refractivity contribution in [3.63, 3.8) is 0 Å². The lowest BCUT2D eigenvalue weighted by atomic mass is 10.2. The van der Waals surface area contributed by atoms with Crippen LogP contribution in [0.25, 0.3) is 0 Å². The predicted octanol–water partition coefficient (Wildman–Crippen LogP) is 1.67. The Kier molecular flexibility index (Phi) is 3.46. The molecule has 3 nitrogen and oxygen atoms in total. The maximum absolute atomic E-state index is 12.0. The summed E-state index contributed by atoms with van der Waals surface area (Å²) in [6.07, 6.45) is 0. The molecule has 78 valence electrons. The highest BCUT2D eigenvalue weighted by molar-refractivity contribution is 7.86. The van der Waals surface area contributed by atoms with E-state index in [0.717, 1.165) is 5.56 Å². The van der Waals surface area contributed by atoms with Crippen LogP contribution in [0, 0.1) is 6.92 Å². The largest absolute Gasteiger partial charge is 0.492 e. The molecule has 0 aromatic heterocycles. The summed E-state index contributed by atoms with van der Waals surface area (Å²) in [7, 11) is -4.43. The van der Waals surface area contributed by atoms with Crippen molar-refractivity contribution < 1.29 is 17.0 Å². The van der Waals surface area contributed by atoms with Crippen molar-refractivity contribution in [2.24, 2.45) is 0 Å². The molecule has 0 aliphatic rings. The van der Waals surface area contributed by atoms with Crippen LogP contribution < -0.4 is 4.74 Å². The van der Waals surface area contributed by atoms with Gasteiger partial charge in [-0.25, -0.2) is 0 Å². The molecule has 0 aliphatic heterocycles. The number of halogens is 1. The van der Waals surface area contributed by atoms with Gasteiger partial charge in [0.05, 0.1) is 0 Å². The van der Waals surface area contributed by atoms with Gasteiger partial charge in [-0.05, 0) is 19.1 Å². The maximum atomic E-state index is 12.0. The Balaban J connectivity index is 2.43. The van der Waals surface area contributed by atoms with Gasteiger partial charge in [0, 0.05) is 0 Å². The zero-order valence-electron chi connectivity index (χ0n) is 7.73. The summed E-state index contributed by atoms with van der Waals surface area (Å²) in [5.74, 6) is -0.0693. The molecule has 0 fully saturated rings. The van der Waals surface area contributed by atoms with E-state index in [1.807, 2.05) is 19.1 Å². The smallest absolute Gasteiger partial charge is 0.305 e. The summed E-state index contributed by atoms with van der Waals surface area (Å²) in [6.45, 7) is 1.76. The molecule has 0 spiro atoms. The maximum Gasteiger partial charge on any atom is 0.305 e. The van der Waals surface area contributed by atoms with Crippen LogP contribution in [0.4, 0.5) is 3.89 Å². The molecule has 0 radical (unpaired) electrons. The predicted molar refractivity (Wildman–Crippen MR) is 51.6 cm³/mol. The van der Waals surface area contributed by atoms with Gasteiger partial charge in [0.2, 0.25) is 0 Å². The quantitative estimate of drug-likeness (QED) is 0.722. The number of hydrogen-bond acceptors (Lipinski definition) is 3. The van der Waals surface area contributed by atoms with E-state index in [4.69, 9.17) is 4.74 Å². The molecule has 1 aromatic carbocycles. The second kappa shape index (κ2) is 4.41. The van der Waals surface area contributed by atoms with Crippen molar-refractivity contribution in [3.05, 3.63) is 29.8 Å². The van der Waals surface area contributed by atoms with E-state index >= 15 is 0 Å². The SMILES string of the molecule is Cc1ccc(OCCS(=O)(=O)F)cc1. The van der Waals surface area contributed by atoms with E-state index in [9.17, 15) is 12.3 Å². The monoisotopic (exact) mass is 218 g/mol. The van der Waals surface area contributed by atoms with E-state index in [2.05, 4.69) is 0 Å². The highest BCUT2D eigenvalue weighted by Gasteiger charge is 2.06. The van der Waals surface area contributed by atoms with Gasteiger partial charge < -0.3 is 4.74 Å². The molecule has 1 aromatic rings. The van der Waals surface area contributed by atoms with E-state index in [1.165, 1.54) is 0 Å². The van der Waals surface area contributed by atoms with E-state index in [0.29, 0.717) is 5.75 Å². The van der Waals surface area contributed by atoms with Gasteiger partial charge in [-0.15, -0.1) is 3.89 Å². The molecular formula is C9H11FO3S. The molecular weight excluding hydrogens is 207 g/mol. The average molecular weight is 218 g/mol. The molecule has 0 amide bonds. The minimum Gasteiger partial charge on any atom is -0.492 e. The van der Waals surface area contributed by atoms with Crippen molar-refractivity contribution in [1.82, 2.24) is 0 Å². The Hall–Kier alpha value is -1.10. The van der Waals surface area contributed by atoms with Crippen LogP contribution in [0.3, 0.4) is 0 Å². The second-order valence-electron chi connectivity index (χ2n) is 2.90. The Morgan fingerprint density at radius 1 is 1.29 bits per heavy atom. The summed E-state index contributed by atoms with van der Waals surface area (Å²) in [6, 6.07) is 7.08. The van der Waals surface area contributed by atoms with Crippen molar-refractivity contribution >= 4 is 10.2 Å². The Bertz CT molecular complexity index is 383. The molecule has 0 bridgehead atoms. The molecule has 0 N–H and O–H groups in total. The van der Waals surface area contributed by atoms with Crippen molar-refractivity contribution in [2.75, 3.05) is 12.4 Å². The number of hydrogen-bond donors (Lipinski definition) is 0. The first-order chi connectivity index (χ1) is 6.47. The lowest BCUT2D eigenvalue weighted by Gasteiger charge is -2.03. The molecule has 0 aliphatic carbocycles. The number of ether oxygens (including phenoxy) is 1. The van der Waals surface area contributed by atoms with E-state index in [1.54, 1.807) is 12.1 Å². The zero-order chi connectivity index (χ0) is 10.6. The number of rotatable bonds is 4. The first kappa shape index (κ1) is 11.0. The Morgan fingerprint density at radius 3 is 2.36 bits per heavy atom. The van der Waals surface area contributed by atoms with Crippen LogP contribution in [0.5, 0.6) is 5.75 Å². The van der Waals surface area contributed by atoms with Crippen LogP contribution in [0.1, 0.15) is 5.56 Å². The highest BCUT2D eigenvalue weighted by Crippen LogP contribution is 2.11. The van der Waals surface area contributed by atoms with E-state index < -0.39 is 16.0 Å². The first-order valence-electron chi connectivity index (χ1n) is 4.09. The minimum atomic E-state index is -4.43. The lowest BCUT2D eigenvalue weighted by molar-refractivity contribution is 0.339. The molecule has 0 saturated heterocycles. The van der Waals surface area contributed by atoms with Crippen LogP contribution in [-0.2, 0) is 10.2 Å². The molecule has 0 unspecified atom stereocenters. The first-order valence-corrected chi connectivity index (χ1v) is 5.64. The Morgan fingerprint density at radius 2 is 1.86 bits per heavy atom. The fourth-order valence-corrected chi connectivity index (χ4v) is 1.18. The minimum absolute atomic E-state index is 0.165. The highest BCUT2D eigenvalue weighted by atomic mass is 32.3. The summed E-state index contributed by atoms with van der Waals surface area (Å²) in [5, 5.41) is 0. The zero-order valence-corrected chi connectivity index (χ0v) is 8.55. The normalized spacial score (nSPS) is 11.3. The summed E-state index contributed by atoms with van der Waals surface area (Å²) >= 11 is 0. The standard InChI is InChI=1S/C9H11FO3S/c1-8-2-4-9(5-3-8)13-6-7-14(10,11)12/h2-5H,6-7H2,1H3. The van der Waals surface area contributed by atoms with Crippen LogP contribution in [0.15, 0.2) is 24.3 Å². The summed E-state index contributed by atoms with van der Waals surface area (Å²) in [4.78, 5) is 0. The molecule has 14 heavy (non-hydrogen) atoms. The fraction of sp³-hybridized carbons (Fsp3) is 0.333. The van der Waals surface area contributed by atoms with Crippen LogP contribution in [0.2, 0.25) is 0 Å². The van der Waals surface area contributed by atoms with Gasteiger partial charge in [-0.2, -0.15) is 8.42 Å². The van der Waals surface area contributed by atoms with Crippen molar-refractivity contribution in [1.29, 1.82) is 0 Å². The van der Waals surface area contributed by atoms with Gasteiger partial charge in [0.25, 0.3) is 0 Å². The molecule has 0 atom stereocenters. The van der Waals surface area contributed by atoms with E-state index in [-0.39, 0.29) is 6.61 Å². The van der Waals surface area contributed by atoms with Crippen LogP contribution >= 0.6 is 0 Å². The topological polar surface area (TPSA) is 43.4 Å². The van der Waals surface area contributed by atoms with Crippen molar-refractivity contribution in [3.8, 4) is 5.75 Å². The fourth-order valence-electron chi connectivity index (χ4n) is 0.894. The van der Waals surface area contributed by atoms with Gasteiger partial charge >= 0.3 is 10.2 Å². The Labute approximate surface area is 82.7 Å². The van der Waals surface area contributed by atoms with Gasteiger partial charge in [-0.1, -0.05) is 17.7 Å². The summed E-state index contributed by atoms with van der Waals surface area (Å²) in [5.41, 5.74) is 1.08. The van der Waals surface area contributed by atoms with Gasteiger partial charge in [-0.3, -0.25) is 0 Å². The van der Waals surface area contributed by atoms with Gasteiger partial charge in [0.1, 0.15) is 18.1 Å². The number of aryl methyl sites for hydroxylation is 1. The molecule has 5 heteroatoms. The third kappa shape index (κ3) is 4.23. The third-order valence-corrected chi connectivity index (χ3v) is 2.27. The summed E-state index contributed by atoms with van der Waals surface area (Å²) < 4.78 is 37.3. The molecule has 0 heterocycles. The van der Waals surface area contributed by atoms with Crippen LogP contribution in [-0.4, -0.2) is 20.8 Å². The van der Waals surface area contributed by atoms with Crippen molar-refractivity contribution in [2.45, 2.75) is 6.92 Å². The second-order valence-corrected chi connectivity index (χ2v) is 4.39.